The summed E-state index contributed by atoms with van der Waals surface area (Å²) in [5, 5.41) is 22.2. The SMILES string of the molecule is O=C(O)[C@@H]1CSC(c2ccccc2[N+](=O)[O-])N1. The van der Waals surface area contributed by atoms with Crippen LogP contribution in [0.1, 0.15) is 10.9 Å². The van der Waals surface area contributed by atoms with Crippen molar-refractivity contribution in [1.29, 1.82) is 0 Å². The zero-order chi connectivity index (χ0) is 12.4. The van der Waals surface area contributed by atoms with Gasteiger partial charge in [0.25, 0.3) is 5.69 Å². The number of hydrogen-bond acceptors (Lipinski definition) is 5. The molecule has 0 bridgehead atoms. The molecule has 0 radical (unpaired) electrons. The maximum atomic E-state index is 10.8. The number of nitro benzene ring substituents is 1. The first kappa shape index (κ1) is 11.9. The van der Waals surface area contributed by atoms with E-state index >= 15 is 0 Å². The van der Waals surface area contributed by atoms with Crippen LogP contribution in [-0.2, 0) is 4.79 Å². The van der Waals surface area contributed by atoms with Gasteiger partial charge in [0, 0.05) is 11.8 Å². The van der Waals surface area contributed by atoms with E-state index in [9.17, 15) is 14.9 Å². The number of thioether (sulfide) groups is 1. The Hall–Kier alpha value is -1.60. The first-order chi connectivity index (χ1) is 8.09. The summed E-state index contributed by atoms with van der Waals surface area (Å²) >= 11 is 1.37. The summed E-state index contributed by atoms with van der Waals surface area (Å²) in [6.07, 6.45) is 0. The Morgan fingerprint density at radius 3 is 2.82 bits per heavy atom. The number of benzene rings is 1. The molecule has 17 heavy (non-hydrogen) atoms. The van der Waals surface area contributed by atoms with Crippen LogP contribution in [0.25, 0.3) is 0 Å². The molecule has 2 rings (SSSR count). The number of carboxylic acid groups (broad SMARTS) is 1. The van der Waals surface area contributed by atoms with Gasteiger partial charge in [-0.2, -0.15) is 0 Å². The fourth-order valence-corrected chi connectivity index (χ4v) is 2.93. The van der Waals surface area contributed by atoms with Crippen molar-refractivity contribution in [2.24, 2.45) is 0 Å². The third-order valence-electron chi connectivity index (χ3n) is 2.50. The van der Waals surface area contributed by atoms with Gasteiger partial charge < -0.3 is 5.11 Å². The Morgan fingerprint density at radius 2 is 2.24 bits per heavy atom. The standard InChI is InChI=1S/C10H10N2O4S/c13-10(14)7-5-17-9(11-7)6-3-1-2-4-8(6)12(15)16/h1-4,7,9,11H,5H2,(H,13,14)/t7-,9?/m0/s1. The number of carboxylic acids is 1. The Morgan fingerprint density at radius 1 is 1.53 bits per heavy atom. The molecule has 1 aliphatic heterocycles. The molecular formula is C10H10N2O4S. The summed E-state index contributed by atoms with van der Waals surface area (Å²) in [5.74, 6) is -0.523. The number of carbonyl (C=O) groups is 1. The quantitative estimate of drug-likeness (QED) is 0.625. The van der Waals surface area contributed by atoms with Gasteiger partial charge in [-0.3, -0.25) is 20.2 Å². The van der Waals surface area contributed by atoms with E-state index in [1.165, 1.54) is 17.8 Å². The molecule has 1 saturated heterocycles. The summed E-state index contributed by atoms with van der Waals surface area (Å²) in [4.78, 5) is 21.2. The van der Waals surface area contributed by atoms with Crippen molar-refractivity contribution in [3.8, 4) is 0 Å². The molecule has 1 aromatic rings. The number of hydrogen-bond donors (Lipinski definition) is 2. The molecule has 0 amide bonds. The minimum atomic E-state index is -0.932. The van der Waals surface area contributed by atoms with Crippen LogP contribution in [0.15, 0.2) is 24.3 Å². The molecular weight excluding hydrogens is 244 g/mol. The topological polar surface area (TPSA) is 92.5 Å². The van der Waals surface area contributed by atoms with Gasteiger partial charge in [0.1, 0.15) is 6.04 Å². The molecule has 7 heteroatoms. The first-order valence-electron chi connectivity index (χ1n) is 4.93. The summed E-state index contributed by atoms with van der Waals surface area (Å²) in [7, 11) is 0. The van der Waals surface area contributed by atoms with Crippen LogP contribution in [-0.4, -0.2) is 27.8 Å². The lowest BCUT2D eigenvalue weighted by atomic mass is 10.1. The van der Waals surface area contributed by atoms with E-state index in [1.807, 2.05) is 0 Å². The van der Waals surface area contributed by atoms with Crippen LogP contribution in [0.3, 0.4) is 0 Å². The highest BCUT2D eigenvalue weighted by atomic mass is 32.2. The molecule has 1 heterocycles. The molecule has 0 spiro atoms. The van der Waals surface area contributed by atoms with E-state index < -0.39 is 16.9 Å². The van der Waals surface area contributed by atoms with E-state index in [2.05, 4.69) is 5.32 Å². The molecule has 1 unspecified atom stereocenters. The molecule has 2 atom stereocenters. The normalized spacial score (nSPS) is 23.5. The maximum Gasteiger partial charge on any atom is 0.321 e. The molecule has 1 fully saturated rings. The minimum Gasteiger partial charge on any atom is -0.480 e. The highest BCUT2D eigenvalue weighted by Crippen LogP contribution is 2.37. The summed E-state index contributed by atoms with van der Waals surface area (Å²) < 4.78 is 0. The Bertz CT molecular complexity index is 465. The van der Waals surface area contributed by atoms with Gasteiger partial charge >= 0.3 is 5.97 Å². The minimum absolute atomic E-state index is 0.0172. The number of nitro groups is 1. The zero-order valence-electron chi connectivity index (χ0n) is 8.70. The van der Waals surface area contributed by atoms with E-state index in [-0.39, 0.29) is 11.1 Å². The first-order valence-corrected chi connectivity index (χ1v) is 5.98. The van der Waals surface area contributed by atoms with E-state index in [0.29, 0.717) is 11.3 Å². The molecule has 1 aliphatic rings. The lowest BCUT2D eigenvalue weighted by Crippen LogP contribution is -2.33. The lowest BCUT2D eigenvalue weighted by molar-refractivity contribution is -0.385. The van der Waals surface area contributed by atoms with Gasteiger partial charge in [0.2, 0.25) is 0 Å². The molecule has 0 saturated carbocycles. The van der Waals surface area contributed by atoms with Crippen LogP contribution < -0.4 is 5.32 Å². The Labute approximate surface area is 101 Å². The second-order valence-electron chi connectivity index (χ2n) is 3.59. The van der Waals surface area contributed by atoms with Crippen LogP contribution >= 0.6 is 11.8 Å². The number of aliphatic carboxylic acids is 1. The van der Waals surface area contributed by atoms with Gasteiger partial charge in [-0.15, -0.1) is 11.8 Å². The summed E-state index contributed by atoms with van der Waals surface area (Å²) in [6.45, 7) is 0. The Kier molecular flexibility index (Phi) is 3.30. The highest BCUT2D eigenvalue weighted by molar-refractivity contribution is 7.99. The lowest BCUT2D eigenvalue weighted by Gasteiger charge is -2.11. The van der Waals surface area contributed by atoms with Crippen molar-refractivity contribution in [2.45, 2.75) is 11.4 Å². The number of nitrogens with one attached hydrogen (secondary N) is 1. The highest BCUT2D eigenvalue weighted by Gasteiger charge is 2.33. The van der Waals surface area contributed by atoms with Crippen LogP contribution in [0.4, 0.5) is 5.69 Å². The smallest absolute Gasteiger partial charge is 0.321 e. The summed E-state index contributed by atoms with van der Waals surface area (Å²) in [6, 6.07) is 5.72. The third kappa shape index (κ3) is 2.40. The van der Waals surface area contributed by atoms with Crippen LogP contribution in [0, 0.1) is 10.1 Å². The van der Waals surface area contributed by atoms with Crippen molar-refractivity contribution < 1.29 is 14.8 Å². The number of rotatable bonds is 3. The largest absolute Gasteiger partial charge is 0.480 e. The summed E-state index contributed by atoms with van der Waals surface area (Å²) in [5.41, 5.74) is 0.537. The van der Waals surface area contributed by atoms with E-state index in [0.717, 1.165) is 0 Å². The molecule has 6 nitrogen and oxygen atoms in total. The van der Waals surface area contributed by atoms with Crippen molar-refractivity contribution in [2.75, 3.05) is 5.75 Å². The molecule has 90 valence electrons. The van der Waals surface area contributed by atoms with Gasteiger partial charge in [-0.05, 0) is 6.07 Å². The van der Waals surface area contributed by atoms with Crippen LogP contribution in [0.2, 0.25) is 0 Å². The average molecular weight is 254 g/mol. The molecule has 2 N–H and O–H groups in total. The second-order valence-corrected chi connectivity index (χ2v) is 4.72. The monoisotopic (exact) mass is 254 g/mol. The predicted molar refractivity (Wildman–Crippen MR) is 62.9 cm³/mol. The second kappa shape index (κ2) is 4.72. The fourth-order valence-electron chi connectivity index (χ4n) is 1.67. The number of nitrogens with zero attached hydrogens (tertiary/aromatic N) is 1. The number of para-hydroxylation sites is 1. The average Bonchev–Trinajstić information content (AvgIpc) is 2.78. The fraction of sp³-hybridized carbons (Fsp3) is 0.300. The predicted octanol–water partition coefficient (Wildman–Crippen LogP) is 1.38. The zero-order valence-corrected chi connectivity index (χ0v) is 9.52. The van der Waals surface area contributed by atoms with Crippen molar-refractivity contribution in [1.82, 2.24) is 5.32 Å². The van der Waals surface area contributed by atoms with Crippen molar-refractivity contribution in [3.05, 3.63) is 39.9 Å². The van der Waals surface area contributed by atoms with Gasteiger partial charge in [-0.25, -0.2) is 0 Å². The van der Waals surface area contributed by atoms with E-state index in [1.54, 1.807) is 18.2 Å². The molecule has 1 aromatic carbocycles. The van der Waals surface area contributed by atoms with Gasteiger partial charge in [0.05, 0.1) is 15.9 Å². The van der Waals surface area contributed by atoms with Crippen LogP contribution in [0.5, 0.6) is 0 Å². The molecule has 0 aliphatic carbocycles. The van der Waals surface area contributed by atoms with Crippen molar-refractivity contribution >= 4 is 23.4 Å². The van der Waals surface area contributed by atoms with Crippen molar-refractivity contribution in [3.63, 3.8) is 0 Å². The van der Waals surface area contributed by atoms with Gasteiger partial charge in [-0.1, -0.05) is 12.1 Å². The third-order valence-corrected chi connectivity index (χ3v) is 3.75. The van der Waals surface area contributed by atoms with E-state index in [4.69, 9.17) is 5.11 Å². The Balaban J connectivity index is 2.24. The van der Waals surface area contributed by atoms with Gasteiger partial charge in [0.15, 0.2) is 0 Å². The maximum absolute atomic E-state index is 10.8. The molecule has 0 aromatic heterocycles.